The number of amides is 1. The van der Waals surface area contributed by atoms with E-state index in [9.17, 15) is 14.7 Å². The van der Waals surface area contributed by atoms with E-state index in [4.69, 9.17) is 9.15 Å². The first-order valence-corrected chi connectivity index (χ1v) is 10.3. The quantitative estimate of drug-likeness (QED) is 0.371. The fourth-order valence-electron chi connectivity index (χ4n) is 3.34. The molecule has 0 aliphatic carbocycles. The zero-order valence-electron chi connectivity index (χ0n) is 16.7. The van der Waals surface area contributed by atoms with Crippen LogP contribution in [0.25, 0.3) is 5.76 Å². The van der Waals surface area contributed by atoms with Gasteiger partial charge in [0, 0.05) is 10.4 Å². The number of aliphatic hydroxyl groups excluding tert-OH is 1. The summed E-state index contributed by atoms with van der Waals surface area (Å²) in [5.74, 6) is -0.797. The van der Waals surface area contributed by atoms with Crippen molar-refractivity contribution in [2.24, 2.45) is 0 Å². The Morgan fingerprint density at radius 3 is 2.53 bits per heavy atom. The van der Waals surface area contributed by atoms with Crippen molar-refractivity contribution in [2.45, 2.75) is 26.8 Å². The SMILES string of the molecule is CCOc1ccc(/C(O)=C2\C(=O)C(=O)N(c3nc(C)c(C)s3)C2c2ccco2)cc1. The number of ether oxygens (including phenoxy) is 1. The van der Waals surface area contributed by atoms with Crippen molar-refractivity contribution >= 4 is 33.9 Å². The number of furan rings is 1. The summed E-state index contributed by atoms with van der Waals surface area (Å²) in [5.41, 5.74) is 1.14. The summed E-state index contributed by atoms with van der Waals surface area (Å²) < 4.78 is 11.0. The average molecular weight is 424 g/mol. The number of hydrogen-bond acceptors (Lipinski definition) is 7. The summed E-state index contributed by atoms with van der Waals surface area (Å²) >= 11 is 1.31. The van der Waals surface area contributed by atoms with Gasteiger partial charge < -0.3 is 14.3 Å². The van der Waals surface area contributed by atoms with Crippen LogP contribution < -0.4 is 9.64 Å². The van der Waals surface area contributed by atoms with Gasteiger partial charge in [-0.25, -0.2) is 4.98 Å². The highest BCUT2D eigenvalue weighted by Crippen LogP contribution is 2.43. The molecule has 3 aromatic rings. The predicted molar refractivity (Wildman–Crippen MR) is 113 cm³/mol. The molecule has 2 aromatic heterocycles. The average Bonchev–Trinajstić information content (AvgIpc) is 3.43. The Kier molecular flexibility index (Phi) is 5.17. The van der Waals surface area contributed by atoms with Crippen molar-refractivity contribution in [3.05, 3.63) is 70.1 Å². The van der Waals surface area contributed by atoms with Gasteiger partial charge in [0.15, 0.2) is 5.13 Å². The Balaban J connectivity index is 1.86. The molecule has 0 spiro atoms. The second-order valence-corrected chi connectivity index (χ2v) is 7.96. The number of benzene rings is 1. The van der Waals surface area contributed by atoms with Crippen molar-refractivity contribution in [3.63, 3.8) is 0 Å². The van der Waals surface area contributed by atoms with E-state index >= 15 is 0 Å². The third-order valence-electron chi connectivity index (χ3n) is 4.92. The first kappa shape index (κ1) is 19.9. The van der Waals surface area contributed by atoms with Crippen LogP contribution in [0.4, 0.5) is 5.13 Å². The van der Waals surface area contributed by atoms with E-state index in [0.29, 0.717) is 28.8 Å². The van der Waals surface area contributed by atoms with Crippen molar-refractivity contribution in [3.8, 4) is 5.75 Å². The number of anilines is 1. The third-order valence-corrected chi connectivity index (χ3v) is 5.99. The monoisotopic (exact) mass is 424 g/mol. The molecule has 1 aliphatic heterocycles. The van der Waals surface area contributed by atoms with Crippen molar-refractivity contribution < 1.29 is 23.8 Å². The first-order chi connectivity index (χ1) is 14.4. The molecule has 1 fully saturated rings. The van der Waals surface area contributed by atoms with Gasteiger partial charge in [-0.1, -0.05) is 0 Å². The molecule has 1 atom stereocenters. The Hall–Kier alpha value is -3.39. The Labute approximate surface area is 177 Å². The number of aryl methyl sites for hydroxylation is 2. The molecule has 0 saturated carbocycles. The maximum Gasteiger partial charge on any atom is 0.302 e. The lowest BCUT2D eigenvalue weighted by molar-refractivity contribution is -0.132. The molecule has 3 heterocycles. The van der Waals surface area contributed by atoms with Crippen LogP contribution in [-0.4, -0.2) is 28.4 Å². The van der Waals surface area contributed by atoms with Gasteiger partial charge in [-0.2, -0.15) is 0 Å². The minimum absolute atomic E-state index is 0.0374. The minimum Gasteiger partial charge on any atom is -0.507 e. The molecule has 4 rings (SSSR count). The number of aromatic nitrogens is 1. The molecule has 0 radical (unpaired) electrons. The summed E-state index contributed by atoms with van der Waals surface area (Å²) in [6.45, 7) is 6.13. The predicted octanol–water partition coefficient (Wildman–Crippen LogP) is 4.38. The number of rotatable bonds is 5. The standard InChI is InChI=1S/C22H20N2O5S/c1-4-28-15-9-7-14(8-10-15)19(25)17-18(16-6-5-11-29-16)24(21(27)20(17)26)22-23-12(2)13(3)30-22/h5-11,18,25H,4H2,1-3H3/b19-17+. The highest BCUT2D eigenvalue weighted by molar-refractivity contribution is 7.16. The first-order valence-electron chi connectivity index (χ1n) is 9.44. The normalized spacial score (nSPS) is 18.2. The number of nitrogens with zero attached hydrogens (tertiary/aromatic N) is 2. The molecule has 1 N–H and O–H groups in total. The second-order valence-electron chi connectivity index (χ2n) is 6.78. The molecule has 0 bridgehead atoms. The van der Waals surface area contributed by atoms with E-state index in [1.807, 2.05) is 20.8 Å². The van der Waals surface area contributed by atoms with Crippen LogP contribution in [0.5, 0.6) is 5.75 Å². The van der Waals surface area contributed by atoms with E-state index in [1.54, 1.807) is 36.4 Å². The smallest absolute Gasteiger partial charge is 0.302 e. The van der Waals surface area contributed by atoms with E-state index in [0.717, 1.165) is 10.6 Å². The molecule has 8 heteroatoms. The molecular weight excluding hydrogens is 404 g/mol. The van der Waals surface area contributed by atoms with Crippen molar-refractivity contribution in [2.75, 3.05) is 11.5 Å². The molecule has 30 heavy (non-hydrogen) atoms. The lowest BCUT2D eigenvalue weighted by Crippen LogP contribution is -2.29. The highest BCUT2D eigenvalue weighted by atomic mass is 32.1. The van der Waals surface area contributed by atoms with E-state index < -0.39 is 17.7 Å². The molecule has 1 unspecified atom stereocenters. The lowest BCUT2D eigenvalue weighted by Gasteiger charge is -2.20. The number of aliphatic hydroxyl groups is 1. The molecule has 7 nitrogen and oxygen atoms in total. The summed E-state index contributed by atoms with van der Waals surface area (Å²) in [4.78, 5) is 32.6. The van der Waals surface area contributed by atoms with Crippen LogP contribution in [0.15, 0.2) is 52.7 Å². The van der Waals surface area contributed by atoms with Gasteiger partial charge >= 0.3 is 5.91 Å². The zero-order valence-corrected chi connectivity index (χ0v) is 17.5. The topological polar surface area (TPSA) is 92.9 Å². The van der Waals surface area contributed by atoms with Crippen LogP contribution in [0.3, 0.4) is 0 Å². The number of carbonyl (C=O) groups excluding carboxylic acids is 2. The molecule has 154 valence electrons. The van der Waals surface area contributed by atoms with E-state index in [1.165, 1.54) is 22.5 Å². The van der Waals surface area contributed by atoms with Gasteiger partial charge in [-0.3, -0.25) is 14.5 Å². The van der Waals surface area contributed by atoms with Gasteiger partial charge in [0.1, 0.15) is 23.3 Å². The van der Waals surface area contributed by atoms with Crippen LogP contribution in [0, 0.1) is 13.8 Å². The van der Waals surface area contributed by atoms with Crippen LogP contribution >= 0.6 is 11.3 Å². The number of ketones is 1. The largest absolute Gasteiger partial charge is 0.507 e. The second kappa shape index (κ2) is 7.79. The molecular formula is C22H20N2O5S. The zero-order chi connectivity index (χ0) is 21.4. The highest BCUT2D eigenvalue weighted by Gasteiger charge is 2.49. The number of thiazole rings is 1. The summed E-state index contributed by atoms with van der Waals surface area (Å²) in [6.07, 6.45) is 1.46. The van der Waals surface area contributed by atoms with E-state index in [2.05, 4.69) is 4.98 Å². The lowest BCUT2D eigenvalue weighted by atomic mass is 9.99. The Morgan fingerprint density at radius 2 is 1.97 bits per heavy atom. The van der Waals surface area contributed by atoms with Crippen LogP contribution in [0.1, 0.15) is 34.9 Å². The summed E-state index contributed by atoms with van der Waals surface area (Å²) in [7, 11) is 0. The van der Waals surface area contributed by atoms with Gasteiger partial charge in [0.2, 0.25) is 0 Å². The van der Waals surface area contributed by atoms with Gasteiger partial charge in [0.05, 0.1) is 24.1 Å². The molecule has 1 aliphatic rings. The third kappa shape index (κ3) is 3.29. The van der Waals surface area contributed by atoms with Gasteiger partial charge in [-0.15, -0.1) is 11.3 Å². The number of hydrogen-bond donors (Lipinski definition) is 1. The van der Waals surface area contributed by atoms with Gasteiger partial charge in [-0.05, 0) is 57.2 Å². The molecule has 1 amide bonds. The maximum absolute atomic E-state index is 13.0. The fraction of sp³-hybridized carbons (Fsp3) is 0.227. The van der Waals surface area contributed by atoms with Crippen LogP contribution in [-0.2, 0) is 9.59 Å². The van der Waals surface area contributed by atoms with Crippen molar-refractivity contribution in [1.29, 1.82) is 0 Å². The molecule has 1 saturated heterocycles. The number of Topliss-reactive ketones (excluding diaryl/α,β-unsaturated/α-hetero) is 1. The molecule has 1 aromatic carbocycles. The maximum atomic E-state index is 13.0. The van der Waals surface area contributed by atoms with Crippen LogP contribution in [0.2, 0.25) is 0 Å². The summed E-state index contributed by atoms with van der Waals surface area (Å²) in [6, 6.07) is 9.12. The Bertz CT molecular complexity index is 1110. The van der Waals surface area contributed by atoms with Gasteiger partial charge in [0.25, 0.3) is 5.78 Å². The van der Waals surface area contributed by atoms with E-state index in [-0.39, 0.29) is 11.3 Å². The number of carbonyl (C=O) groups is 2. The van der Waals surface area contributed by atoms with Crippen molar-refractivity contribution in [1.82, 2.24) is 4.98 Å². The summed E-state index contributed by atoms with van der Waals surface area (Å²) in [5, 5.41) is 11.4. The minimum atomic E-state index is -0.906. The fourth-order valence-corrected chi connectivity index (χ4v) is 4.27. The Morgan fingerprint density at radius 1 is 1.23 bits per heavy atom.